The van der Waals surface area contributed by atoms with Crippen molar-refractivity contribution in [1.82, 2.24) is 10.2 Å². The molecule has 3 aromatic rings. The molecule has 0 spiro atoms. The van der Waals surface area contributed by atoms with Crippen LogP contribution < -0.4 is 5.73 Å². The highest BCUT2D eigenvalue weighted by Crippen LogP contribution is 2.29. The molecule has 0 aliphatic rings. The monoisotopic (exact) mass is 311 g/mol. The Morgan fingerprint density at radius 1 is 1.09 bits per heavy atom. The number of hydrogen-bond donors (Lipinski definition) is 2. The molecule has 0 amide bonds. The van der Waals surface area contributed by atoms with E-state index in [0.717, 1.165) is 27.3 Å². The topological polar surface area (TPSA) is 54.7 Å². The quantitative estimate of drug-likeness (QED) is 0.761. The number of aromatic nitrogens is 2. The predicted molar refractivity (Wildman–Crippen MR) is 91.1 cm³/mol. The molecule has 0 fully saturated rings. The average Bonchev–Trinajstić information content (AvgIpc) is 3.07. The molecule has 1 heterocycles. The Balaban J connectivity index is 1.91. The minimum absolute atomic E-state index is 0.150. The second-order valence-electron chi connectivity index (χ2n) is 5.41. The Labute approximate surface area is 135 Å². The van der Waals surface area contributed by atoms with Crippen LogP contribution in [0.1, 0.15) is 22.6 Å². The maximum absolute atomic E-state index is 6.24. The van der Waals surface area contributed by atoms with Gasteiger partial charge in [0.25, 0.3) is 0 Å². The SMILES string of the molecule is Cc1ccc(C(CN)c2ccc(-c3cn[nH]c3)cc2)cc1Cl. The summed E-state index contributed by atoms with van der Waals surface area (Å²) in [4.78, 5) is 0. The van der Waals surface area contributed by atoms with E-state index in [-0.39, 0.29) is 5.92 Å². The fourth-order valence-corrected chi connectivity index (χ4v) is 2.80. The van der Waals surface area contributed by atoms with Crippen molar-refractivity contribution in [3.05, 3.63) is 76.6 Å². The van der Waals surface area contributed by atoms with Gasteiger partial charge in [-0.05, 0) is 35.2 Å². The first-order chi connectivity index (χ1) is 10.7. The number of hydrogen-bond acceptors (Lipinski definition) is 2. The second kappa shape index (κ2) is 6.34. The molecular formula is C18H18ClN3. The fraction of sp³-hybridized carbons (Fsp3) is 0.167. The molecule has 22 heavy (non-hydrogen) atoms. The lowest BCUT2D eigenvalue weighted by molar-refractivity contribution is 0.819. The lowest BCUT2D eigenvalue weighted by Gasteiger charge is -2.17. The Kier molecular flexibility index (Phi) is 4.27. The van der Waals surface area contributed by atoms with Gasteiger partial charge in [0.15, 0.2) is 0 Å². The molecule has 3 rings (SSSR count). The van der Waals surface area contributed by atoms with E-state index in [4.69, 9.17) is 17.3 Å². The van der Waals surface area contributed by atoms with E-state index >= 15 is 0 Å². The molecule has 0 bridgehead atoms. The minimum atomic E-state index is 0.150. The van der Waals surface area contributed by atoms with Crippen molar-refractivity contribution in [2.45, 2.75) is 12.8 Å². The molecule has 0 saturated heterocycles. The number of nitrogens with two attached hydrogens (primary N) is 1. The highest BCUT2D eigenvalue weighted by atomic mass is 35.5. The number of halogens is 1. The predicted octanol–water partition coefficient (Wildman–Crippen LogP) is 4.13. The summed E-state index contributed by atoms with van der Waals surface area (Å²) in [6.45, 7) is 2.55. The normalized spacial score (nSPS) is 12.3. The third-order valence-electron chi connectivity index (χ3n) is 3.98. The Hall–Kier alpha value is -2.10. The van der Waals surface area contributed by atoms with Crippen LogP contribution in [-0.4, -0.2) is 16.7 Å². The van der Waals surface area contributed by atoms with Crippen molar-refractivity contribution in [2.24, 2.45) is 5.73 Å². The van der Waals surface area contributed by atoms with Gasteiger partial charge in [-0.1, -0.05) is 48.0 Å². The van der Waals surface area contributed by atoms with E-state index in [1.54, 1.807) is 0 Å². The van der Waals surface area contributed by atoms with Crippen LogP contribution in [0.15, 0.2) is 54.9 Å². The molecule has 0 aliphatic heterocycles. The summed E-state index contributed by atoms with van der Waals surface area (Å²) in [6.07, 6.45) is 3.70. The largest absolute Gasteiger partial charge is 0.330 e. The Morgan fingerprint density at radius 2 is 1.82 bits per heavy atom. The minimum Gasteiger partial charge on any atom is -0.330 e. The number of benzene rings is 2. The zero-order valence-corrected chi connectivity index (χ0v) is 13.1. The van der Waals surface area contributed by atoms with Crippen molar-refractivity contribution in [2.75, 3.05) is 6.54 Å². The average molecular weight is 312 g/mol. The standard InChI is InChI=1S/C18H18ClN3/c1-12-2-3-15(8-18(12)19)17(9-20)14-6-4-13(5-7-14)16-10-21-22-11-16/h2-8,10-11,17H,9,20H2,1H3,(H,21,22). The van der Waals surface area contributed by atoms with Crippen molar-refractivity contribution in [1.29, 1.82) is 0 Å². The fourth-order valence-electron chi connectivity index (χ4n) is 2.61. The van der Waals surface area contributed by atoms with E-state index in [0.29, 0.717) is 6.54 Å². The van der Waals surface area contributed by atoms with Crippen LogP contribution in [0.3, 0.4) is 0 Å². The molecule has 2 aromatic carbocycles. The van der Waals surface area contributed by atoms with Gasteiger partial charge in [0.2, 0.25) is 0 Å². The number of rotatable bonds is 4. The highest BCUT2D eigenvalue weighted by Gasteiger charge is 2.13. The summed E-state index contributed by atoms with van der Waals surface area (Å²) >= 11 is 6.24. The lowest BCUT2D eigenvalue weighted by atomic mass is 9.90. The second-order valence-corrected chi connectivity index (χ2v) is 5.81. The van der Waals surface area contributed by atoms with Gasteiger partial charge in [0.05, 0.1) is 6.20 Å². The van der Waals surface area contributed by atoms with Gasteiger partial charge in [-0.15, -0.1) is 0 Å². The number of H-pyrrole nitrogens is 1. The molecular weight excluding hydrogens is 294 g/mol. The third kappa shape index (κ3) is 2.91. The van der Waals surface area contributed by atoms with Gasteiger partial charge < -0.3 is 5.73 Å². The lowest BCUT2D eigenvalue weighted by Crippen LogP contribution is -2.13. The van der Waals surface area contributed by atoms with Crippen LogP contribution in [0.4, 0.5) is 0 Å². The molecule has 1 aromatic heterocycles. The van der Waals surface area contributed by atoms with Crippen molar-refractivity contribution in [3.8, 4) is 11.1 Å². The van der Waals surface area contributed by atoms with E-state index in [2.05, 4.69) is 40.5 Å². The van der Waals surface area contributed by atoms with Crippen LogP contribution in [0, 0.1) is 6.92 Å². The van der Waals surface area contributed by atoms with Crippen LogP contribution in [-0.2, 0) is 0 Å². The van der Waals surface area contributed by atoms with E-state index < -0.39 is 0 Å². The Bertz CT molecular complexity index is 749. The molecule has 0 radical (unpaired) electrons. The summed E-state index contributed by atoms with van der Waals surface area (Å²) in [7, 11) is 0. The van der Waals surface area contributed by atoms with Gasteiger partial charge in [0.1, 0.15) is 0 Å². The summed E-state index contributed by atoms with van der Waals surface area (Å²) in [5, 5.41) is 7.59. The van der Waals surface area contributed by atoms with E-state index in [1.807, 2.05) is 31.5 Å². The van der Waals surface area contributed by atoms with Gasteiger partial charge in [0, 0.05) is 29.2 Å². The van der Waals surface area contributed by atoms with Crippen LogP contribution in [0.25, 0.3) is 11.1 Å². The summed E-state index contributed by atoms with van der Waals surface area (Å²) in [5.41, 5.74) is 11.6. The first-order valence-electron chi connectivity index (χ1n) is 7.24. The number of nitrogens with one attached hydrogen (secondary N) is 1. The van der Waals surface area contributed by atoms with Gasteiger partial charge >= 0.3 is 0 Å². The van der Waals surface area contributed by atoms with Gasteiger partial charge in [-0.2, -0.15) is 5.10 Å². The molecule has 0 aliphatic carbocycles. The highest BCUT2D eigenvalue weighted by molar-refractivity contribution is 6.31. The zero-order valence-electron chi connectivity index (χ0n) is 12.4. The smallest absolute Gasteiger partial charge is 0.0565 e. The summed E-state index contributed by atoms with van der Waals surface area (Å²) in [6, 6.07) is 14.6. The first-order valence-corrected chi connectivity index (χ1v) is 7.62. The third-order valence-corrected chi connectivity index (χ3v) is 4.39. The molecule has 0 saturated carbocycles. The summed E-state index contributed by atoms with van der Waals surface area (Å²) in [5.74, 6) is 0.150. The molecule has 4 heteroatoms. The number of aromatic amines is 1. The molecule has 1 atom stereocenters. The van der Waals surface area contributed by atoms with Crippen LogP contribution in [0.5, 0.6) is 0 Å². The van der Waals surface area contributed by atoms with Gasteiger partial charge in [-0.3, -0.25) is 5.10 Å². The molecule has 3 N–H and O–H groups in total. The van der Waals surface area contributed by atoms with Gasteiger partial charge in [-0.25, -0.2) is 0 Å². The van der Waals surface area contributed by atoms with E-state index in [9.17, 15) is 0 Å². The maximum Gasteiger partial charge on any atom is 0.0565 e. The molecule has 112 valence electrons. The van der Waals surface area contributed by atoms with Crippen molar-refractivity contribution in [3.63, 3.8) is 0 Å². The number of nitrogens with zero attached hydrogens (tertiary/aromatic N) is 1. The molecule has 3 nitrogen and oxygen atoms in total. The van der Waals surface area contributed by atoms with Crippen molar-refractivity contribution >= 4 is 11.6 Å². The van der Waals surface area contributed by atoms with Crippen LogP contribution in [0.2, 0.25) is 5.02 Å². The number of aryl methyl sites for hydroxylation is 1. The zero-order chi connectivity index (χ0) is 15.5. The van der Waals surface area contributed by atoms with E-state index in [1.165, 1.54) is 5.56 Å². The summed E-state index contributed by atoms with van der Waals surface area (Å²) < 4.78 is 0. The van der Waals surface area contributed by atoms with Crippen molar-refractivity contribution < 1.29 is 0 Å². The maximum atomic E-state index is 6.24. The first kappa shape index (κ1) is 14.8. The Morgan fingerprint density at radius 3 is 2.41 bits per heavy atom. The molecule has 1 unspecified atom stereocenters. The van der Waals surface area contributed by atoms with Crippen LogP contribution >= 0.6 is 11.6 Å².